The fraction of sp³-hybridized carbons (Fsp3) is 0.455. The zero-order valence-electron chi connectivity index (χ0n) is 8.06. The SMILES string of the molecule is CC(CCl)(CCl)Cc1ccc(I)cc1. The summed E-state index contributed by atoms with van der Waals surface area (Å²) in [5.41, 5.74) is 1.31. The molecule has 0 aliphatic rings. The summed E-state index contributed by atoms with van der Waals surface area (Å²) in [6, 6.07) is 8.50. The van der Waals surface area contributed by atoms with Crippen molar-refractivity contribution in [3.63, 3.8) is 0 Å². The van der Waals surface area contributed by atoms with Gasteiger partial charge in [0.2, 0.25) is 0 Å². The van der Waals surface area contributed by atoms with E-state index in [9.17, 15) is 0 Å². The van der Waals surface area contributed by atoms with E-state index in [0.29, 0.717) is 11.8 Å². The van der Waals surface area contributed by atoms with Crippen LogP contribution in [0.25, 0.3) is 0 Å². The molecule has 0 fully saturated rings. The van der Waals surface area contributed by atoms with Gasteiger partial charge < -0.3 is 0 Å². The van der Waals surface area contributed by atoms with Gasteiger partial charge in [0.05, 0.1) is 0 Å². The zero-order valence-corrected chi connectivity index (χ0v) is 11.7. The molecule has 3 heteroatoms. The first kappa shape index (κ1) is 12.6. The van der Waals surface area contributed by atoms with Crippen LogP contribution in [0.5, 0.6) is 0 Å². The Bertz CT molecular complexity index is 278. The summed E-state index contributed by atoms with van der Waals surface area (Å²) in [4.78, 5) is 0. The van der Waals surface area contributed by atoms with Crippen LogP contribution in [-0.4, -0.2) is 11.8 Å². The Morgan fingerprint density at radius 2 is 1.64 bits per heavy atom. The first-order valence-corrected chi connectivity index (χ1v) is 6.61. The molecule has 0 saturated heterocycles. The predicted octanol–water partition coefficient (Wildman–Crippen LogP) is 4.32. The van der Waals surface area contributed by atoms with Crippen LogP contribution in [0.15, 0.2) is 24.3 Å². The van der Waals surface area contributed by atoms with Crippen LogP contribution >= 0.6 is 45.8 Å². The molecule has 14 heavy (non-hydrogen) atoms. The van der Waals surface area contributed by atoms with Crippen molar-refractivity contribution in [3.8, 4) is 0 Å². The minimum Gasteiger partial charge on any atom is -0.126 e. The van der Waals surface area contributed by atoms with Crippen LogP contribution in [0.1, 0.15) is 12.5 Å². The highest BCUT2D eigenvalue weighted by Crippen LogP contribution is 2.26. The van der Waals surface area contributed by atoms with Gasteiger partial charge in [-0.05, 0) is 52.1 Å². The van der Waals surface area contributed by atoms with E-state index in [0.717, 1.165) is 6.42 Å². The highest BCUT2D eigenvalue weighted by atomic mass is 127. The number of benzene rings is 1. The average Bonchev–Trinajstić information content (AvgIpc) is 2.21. The average molecular weight is 343 g/mol. The second-order valence-electron chi connectivity index (χ2n) is 3.88. The predicted molar refractivity (Wildman–Crippen MR) is 72.4 cm³/mol. The number of hydrogen-bond acceptors (Lipinski definition) is 0. The number of rotatable bonds is 4. The number of hydrogen-bond donors (Lipinski definition) is 0. The number of alkyl halides is 2. The lowest BCUT2D eigenvalue weighted by Crippen LogP contribution is -2.23. The van der Waals surface area contributed by atoms with E-state index in [4.69, 9.17) is 23.2 Å². The maximum Gasteiger partial charge on any atom is 0.0291 e. The van der Waals surface area contributed by atoms with Gasteiger partial charge in [-0.2, -0.15) is 0 Å². The Balaban J connectivity index is 2.72. The quantitative estimate of drug-likeness (QED) is 0.564. The van der Waals surface area contributed by atoms with Crippen molar-refractivity contribution in [1.82, 2.24) is 0 Å². The molecule has 1 rings (SSSR count). The second kappa shape index (κ2) is 5.57. The largest absolute Gasteiger partial charge is 0.126 e. The van der Waals surface area contributed by atoms with Crippen LogP contribution < -0.4 is 0 Å². The maximum atomic E-state index is 5.90. The molecule has 0 radical (unpaired) electrons. The van der Waals surface area contributed by atoms with Gasteiger partial charge in [-0.25, -0.2) is 0 Å². The lowest BCUT2D eigenvalue weighted by Gasteiger charge is -2.24. The van der Waals surface area contributed by atoms with E-state index in [1.165, 1.54) is 9.13 Å². The first-order valence-electron chi connectivity index (χ1n) is 4.46. The van der Waals surface area contributed by atoms with E-state index in [1.807, 2.05) is 0 Å². The molecule has 0 aromatic heterocycles. The van der Waals surface area contributed by atoms with Crippen LogP contribution in [0.2, 0.25) is 0 Å². The minimum absolute atomic E-state index is 0.00982. The molecule has 0 aliphatic carbocycles. The summed E-state index contributed by atoms with van der Waals surface area (Å²) < 4.78 is 1.25. The Morgan fingerprint density at radius 1 is 1.14 bits per heavy atom. The maximum absolute atomic E-state index is 5.90. The monoisotopic (exact) mass is 342 g/mol. The summed E-state index contributed by atoms with van der Waals surface area (Å²) in [5, 5.41) is 0. The molecule has 0 saturated carbocycles. The minimum atomic E-state index is 0.00982. The molecule has 0 unspecified atom stereocenters. The van der Waals surface area contributed by atoms with Crippen LogP contribution in [0, 0.1) is 8.99 Å². The summed E-state index contributed by atoms with van der Waals surface area (Å²) in [6.07, 6.45) is 0.941. The molecule has 1 aromatic carbocycles. The van der Waals surface area contributed by atoms with Gasteiger partial charge in [-0.3, -0.25) is 0 Å². The van der Waals surface area contributed by atoms with Crippen molar-refractivity contribution in [1.29, 1.82) is 0 Å². The molecule has 0 nitrogen and oxygen atoms in total. The van der Waals surface area contributed by atoms with Crippen molar-refractivity contribution in [2.75, 3.05) is 11.8 Å². The Kier molecular flexibility index (Phi) is 5.01. The van der Waals surface area contributed by atoms with Crippen molar-refractivity contribution in [2.45, 2.75) is 13.3 Å². The third-order valence-corrected chi connectivity index (χ3v) is 4.20. The highest BCUT2D eigenvalue weighted by Gasteiger charge is 2.22. The number of halogens is 3. The smallest absolute Gasteiger partial charge is 0.0291 e. The molecule has 1 aromatic rings. The van der Waals surface area contributed by atoms with Gasteiger partial charge in [-0.1, -0.05) is 19.1 Å². The zero-order chi connectivity index (χ0) is 10.6. The van der Waals surface area contributed by atoms with E-state index in [-0.39, 0.29) is 5.41 Å². The standard InChI is InChI=1S/C11H13Cl2I/c1-11(7-12,8-13)6-9-2-4-10(14)5-3-9/h2-5H,6-8H2,1H3. The molecule has 78 valence electrons. The third-order valence-electron chi connectivity index (χ3n) is 2.19. The van der Waals surface area contributed by atoms with Gasteiger partial charge in [0.15, 0.2) is 0 Å². The van der Waals surface area contributed by atoms with E-state index in [2.05, 4.69) is 53.8 Å². The third kappa shape index (κ3) is 3.59. The van der Waals surface area contributed by atoms with E-state index in [1.54, 1.807) is 0 Å². The van der Waals surface area contributed by atoms with Gasteiger partial charge in [0.25, 0.3) is 0 Å². The fourth-order valence-electron chi connectivity index (χ4n) is 1.23. The molecule has 0 heterocycles. The summed E-state index contributed by atoms with van der Waals surface area (Å²) in [7, 11) is 0. The van der Waals surface area contributed by atoms with Gasteiger partial charge in [-0.15, -0.1) is 23.2 Å². The lowest BCUT2D eigenvalue weighted by molar-refractivity contribution is 0.425. The van der Waals surface area contributed by atoms with Crippen LogP contribution in [0.3, 0.4) is 0 Å². The summed E-state index contributed by atoms with van der Waals surface area (Å²) in [6.45, 7) is 2.12. The van der Waals surface area contributed by atoms with E-state index < -0.39 is 0 Å². The summed E-state index contributed by atoms with van der Waals surface area (Å²) >= 11 is 14.1. The van der Waals surface area contributed by atoms with Gasteiger partial charge in [0.1, 0.15) is 0 Å². The van der Waals surface area contributed by atoms with Crippen LogP contribution in [-0.2, 0) is 6.42 Å². The van der Waals surface area contributed by atoms with Crippen molar-refractivity contribution >= 4 is 45.8 Å². The van der Waals surface area contributed by atoms with Crippen LogP contribution in [0.4, 0.5) is 0 Å². The van der Waals surface area contributed by atoms with Crippen molar-refractivity contribution in [2.24, 2.45) is 5.41 Å². The van der Waals surface area contributed by atoms with Crippen molar-refractivity contribution < 1.29 is 0 Å². The molecule has 0 N–H and O–H groups in total. The Morgan fingerprint density at radius 3 is 2.07 bits per heavy atom. The molecule has 0 spiro atoms. The molecule has 0 aliphatic heterocycles. The first-order chi connectivity index (χ1) is 6.59. The molecule has 0 bridgehead atoms. The fourth-order valence-corrected chi connectivity index (χ4v) is 2.06. The lowest BCUT2D eigenvalue weighted by atomic mass is 9.88. The second-order valence-corrected chi connectivity index (χ2v) is 5.66. The Hall–Kier alpha value is 0.530. The van der Waals surface area contributed by atoms with Gasteiger partial charge >= 0.3 is 0 Å². The van der Waals surface area contributed by atoms with Gasteiger partial charge in [0, 0.05) is 15.3 Å². The molecule has 0 atom stereocenters. The topological polar surface area (TPSA) is 0 Å². The molecular formula is C11H13Cl2I. The molecular weight excluding hydrogens is 330 g/mol. The Labute approximate surface area is 109 Å². The highest BCUT2D eigenvalue weighted by molar-refractivity contribution is 14.1. The van der Waals surface area contributed by atoms with E-state index >= 15 is 0 Å². The van der Waals surface area contributed by atoms with Crippen molar-refractivity contribution in [3.05, 3.63) is 33.4 Å². The normalized spacial score (nSPS) is 11.7. The summed E-state index contributed by atoms with van der Waals surface area (Å²) in [5.74, 6) is 1.20. The molecule has 0 amide bonds.